The fourth-order valence-electron chi connectivity index (χ4n) is 3.94. The minimum absolute atomic E-state index is 0.0464. The number of alkyl halides is 3. The Kier molecular flexibility index (Phi) is 6.42. The molecule has 8 nitrogen and oxygen atoms in total. The summed E-state index contributed by atoms with van der Waals surface area (Å²) in [4.78, 5) is 25.5. The van der Waals surface area contributed by atoms with Gasteiger partial charge in [0, 0.05) is 18.5 Å². The Morgan fingerprint density at radius 2 is 1.75 bits per heavy atom. The van der Waals surface area contributed by atoms with E-state index in [9.17, 15) is 35.6 Å². The number of amides is 2. The standard InChI is InChI=1S/C23H19F4N3O5S/c24-15-7-5-14(6-8-15)20(31)30-12-16(11-19(30)35-21(32)29-22(13-28)9-10-22)36(33,34)18-4-2-1-3-17(18)23(25,26)27/h1-8,16,19H,9-12H2,(H,29,32)/t16-,19+/m1/s1. The van der Waals surface area contributed by atoms with E-state index in [0.717, 1.165) is 47.4 Å². The molecule has 1 aliphatic carbocycles. The van der Waals surface area contributed by atoms with Gasteiger partial charge in [0.05, 0.1) is 21.8 Å². The SMILES string of the molecule is N#CC1(NC(=O)O[C@H]2C[C@@H](S(=O)(=O)c3ccccc3C(F)(F)F)CN2C(=O)c2ccc(F)cc2)CC1. The summed E-state index contributed by atoms with van der Waals surface area (Å²) in [6.07, 6.45) is -7.23. The number of benzene rings is 2. The van der Waals surface area contributed by atoms with Gasteiger partial charge in [-0.25, -0.2) is 17.6 Å². The van der Waals surface area contributed by atoms with Crippen molar-refractivity contribution in [1.82, 2.24) is 10.2 Å². The fourth-order valence-corrected chi connectivity index (χ4v) is 5.83. The van der Waals surface area contributed by atoms with Gasteiger partial charge in [0.15, 0.2) is 16.1 Å². The number of ether oxygens (including phenoxy) is 1. The van der Waals surface area contributed by atoms with Crippen molar-refractivity contribution >= 4 is 21.8 Å². The van der Waals surface area contributed by atoms with Crippen LogP contribution in [0.3, 0.4) is 0 Å². The third-order valence-corrected chi connectivity index (χ3v) is 8.24. The average Bonchev–Trinajstić information content (AvgIpc) is 3.47. The highest BCUT2D eigenvalue weighted by Crippen LogP contribution is 2.38. The van der Waals surface area contributed by atoms with Crippen LogP contribution in [0.2, 0.25) is 0 Å². The molecule has 0 spiro atoms. The monoisotopic (exact) mass is 525 g/mol. The molecule has 13 heteroatoms. The maximum Gasteiger partial charge on any atom is 0.417 e. The average molecular weight is 525 g/mol. The first-order valence-corrected chi connectivity index (χ1v) is 12.3. The van der Waals surface area contributed by atoms with Gasteiger partial charge in [-0.2, -0.15) is 18.4 Å². The van der Waals surface area contributed by atoms with Crippen LogP contribution in [0.15, 0.2) is 53.4 Å². The zero-order valence-corrected chi connectivity index (χ0v) is 19.3. The topological polar surface area (TPSA) is 117 Å². The molecule has 2 fully saturated rings. The Bertz CT molecular complexity index is 1330. The Hall–Kier alpha value is -3.66. The molecule has 2 atom stereocenters. The number of nitrogens with one attached hydrogen (secondary N) is 1. The molecule has 4 rings (SSSR count). The van der Waals surface area contributed by atoms with Gasteiger partial charge in [0.25, 0.3) is 5.91 Å². The van der Waals surface area contributed by atoms with Gasteiger partial charge in [-0.15, -0.1) is 0 Å². The quantitative estimate of drug-likeness (QED) is 0.596. The summed E-state index contributed by atoms with van der Waals surface area (Å²) in [7, 11) is -4.64. The third-order valence-electron chi connectivity index (χ3n) is 6.05. The molecule has 2 amide bonds. The minimum Gasteiger partial charge on any atom is -0.425 e. The van der Waals surface area contributed by atoms with Gasteiger partial charge in [-0.1, -0.05) is 12.1 Å². The van der Waals surface area contributed by atoms with Crippen molar-refractivity contribution < 1.29 is 40.3 Å². The fraction of sp³-hybridized carbons (Fsp3) is 0.348. The van der Waals surface area contributed by atoms with Gasteiger partial charge in [0.2, 0.25) is 0 Å². The van der Waals surface area contributed by atoms with Crippen molar-refractivity contribution in [2.24, 2.45) is 0 Å². The van der Waals surface area contributed by atoms with Crippen LogP contribution in [0.4, 0.5) is 22.4 Å². The number of carbonyl (C=O) groups excluding carboxylic acids is 2. The highest BCUT2D eigenvalue weighted by molar-refractivity contribution is 7.92. The van der Waals surface area contributed by atoms with E-state index in [1.807, 2.05) is 6.07 Å². The first kappa shape index (κ1) is 25.4. The van der Waals surface area contributed by atoms with E-state index >= 15 is 0 Å². The highest BCUT2D eigenvalue weighted by Gasteiger charge is 2.49. The van der Waals surface area contributed by atoms with Crippen LogP contribution in [0.5, 0.6) is 0 Å². The lowest BCUT2D eigenvalue weighted by atomic mass is 10.2. The van der Waals surface area contributed by atoms with Crippen LogP contribution in [-0.4, -0.2) is 48.9 Å². The molecule has 1 aliphatic heterocycles. The van der Waals surface area contributed by atoms with Gasteiger partial charge >= 0.3 is 12.3 Å². The molecule has 1 saturated carbocycles. The second kappa shape index (κ2) is 9.09. The van der Waals surface area contributed by atoms with Crippen molar-refractivity contribution in [3.63, 3.8) is 0 Å². The van der Waals surface area contributed by atoms with Crippen LogP contribution in [-0.2, 0) is 20.8 Å². The van der Waals surface area contributed by atoms with Crippen molar-refractivity contribution in [2.45, 2.75) is 47.4 Å². The van der Waals surface area contributed by atoms with Gasteiger partial charge in [0.1, 0.15) is 11.4 Å². The predicted molar refractivity (Wildman–Crippen MR) is 115 cm³/mol. The van der Waals surface area contributed by atoms with Crippen molar-refractivity contribution in [1.29, 1.82) is 5.26 Å². The van der Waals surface area contributed by atoms with Crippen LogP contribution >= 0.6 is 0 Å². The van der Waals surface area contributed by atoms with Crippen LogP contribution in [0, 0.1) is 17.1 Å². The van der Waals surface area contributed by atoms with Crippen molar-refractivity contribution in [2.75, 3.05) is 6.54 Å². The van der Waals surface area contributed by atoms with E-state index in [0.29, 0.717) is 18.9 Å². The smallest absolute Gasteiger partial charge is 0.417 e. The molecule has 2 aliphatic rings. The van der Waals surface area contributed by atoms with E-state index < -0.39 is 74.3 Å². The molecule has 36 heavy (non-hydrogen) atoms. The second-order valence-electron chi connectivity index (χ2n) is 8.54. The summed E-state index contributed by atoms with van der Waals surface area (Å²) >= 11 is 0. The number of carbonyl (C=O) groups is 2. The number of hydrogen-bond acceptors (Lipinski definition) is 6. The number of nitrogens with zero attached hydrogens (tertiary/aromatic N) is 2. The lowest BCUT2D eigenvalue weighted by Crippen LogP contribution is -2.43. The minimum atomic E-state index is -4.95. The lowest BCUT2D eigenvalue weighted by Gasteiger charge is -2.25. The molecule has 1 N–H and O–H groups in total. The number of likely N-dealkylation sites (tertiary alicyclic amines) is 1. The number of halogens is 4. The zero-order chi connectivity index (χ0) is 26.3. The third kappa shape index (κ3) is 4.99. The Labute approximate surface area is 203 Å². The molecular weight excluding hydrogens is 506 g/mol. The molecule has 0 aromatic heterocycles. The summed E-state index contributed by atoms with van der Waals surface area (Å²) in [5, 5.41) is 9.98. The van der Waals surface area contributed by atoms with Gasteiger partial charge in [-0.3, -0.25) is 4.79 Å². The molecule has 190 valence electrons. The van der Waals surface area contributed by atoms with Crippen LogP contribution < -0.4 is 5.32 Å². The zero-order valence-electron chi connectivity index (χ0n) is 18.5. The van der Waals surface area contributed by atoms with Gasteiger partial charge < -0.3 is 15.0 Å². The summed E-state index contributed by atoms with van der Waals surface area (Å²) in [5.74, 6) is -1.44. The molecule has 0 unspecified atom stereocenters. The van der Waals surface area contributed by atoms with Crippen molar-refractivity contribution in [3.05, 3.63) is 65.5 Å². The maximum atomic E-state index is 13.5. The maximum absolute atomic E-state index is 13.5. The van der Waals surface area contributed by atoms with Crippen LogP contribution in [0.25, 0.3) is 0 Å². The van der Waals surface area contributed by atoms with Crippen molar-refractivity contribution in [3.8, 4) is 6.07 Å². The normalized spacial score (nSPS) is 20.9. The first-order chi connectivity index (χ1) is 16.9. The molecule has 1 heterocycles. The van der Waals surface area contributed by atoms with Crippen LogP contribution in [0.1, 0.15) is 35.2 Å². The largest absolute Gasteiger partial charge is 0.425 e. The lowest BCUT2D eigenvalue weighted by molar-refractivity contribution is -0.139. The molecular formula is C23H19F4N3O5S. The van der Waals surface area contributed by atoms with Gasteiger partial charge in [-0.05, 0) is 49.2 Å². The summed E-state index contributed by atoms with van der Waals surface area (Å²) in [5.41, 5.74) is -2.51. The number of nitriles is 1. The number of hydrogen-bond donors (Lipinski definition) is 1. The Morgan fingerprint density at radius 3 is 2.33 bits per heavy atom. The number of alkyl carbamates (subject to hydrolysis) is 1. The first-order valence-electron chi connectivity index (χ1n) is 10.7. The number of rotatable bonds is 5. The summed E-state index contributed by atoms with van der Waals surface area (Å²) < 4.78 is 85.7. The number of sulfone groups is 1. The summed E-state index contributed by atoms with van der Waals surface area (Å²) in [6.45, 7) is -0.577. The molecule has 0 radical (unpaired) electrons. The summed E-state index contributed by atoms with van der Waals surface area (Å²) in [6, 6.07) is 9.89. The molecule has 1 saturated heterocycles. The van der Waals surface area contributed by atoms with E-state index in [1.165, 1.54) is 0 Å². The van der Waals surface area contributed by atoms with E-state index in [4.69, 9.17) is 10.00 Å². The highest BCUT2D eigenvalue weighted by atomic mass is 32.2. The molecule has 0 bridgehead atoms. The Balaban J connectivity index is 1.65. The predicted octanol–water partition coefficient (Wildman–Crippen LogP) is 3.64. The van der Waals surface area contributed by atoms with E-state index in [1.54, 1.807) is 0 Å². The second-order valence-corrected chi connectivity index (χ2v) is 10.7. The molecule has 2 aromatic rings. The Morgan fingerprint density at radius 1 is 1.11 bits per heavy atom. The van der Waals surface area contributed by atoms with E-state index in [2.05, 4.69) is 5.32 Å². The molecule has 2 aromatic carbocycles. The van der Waals surface area contributed by atoms with E-state index in [-0.39, 0.29) is 5.56 Å².